The Hall–Kier alpha value is -1.22. The normalized spacial score (nSPS) is 10.5. The van der Waals surface area contributed by atoms with Crippen LogP contribution < -0.4 is 0 Å². The number of hydrogen-bond acceptors (Lipinski definition) is 3. The average Bonchev–Trinajstić information content (AvgIpc) is 2.67. The fourth-order valence-corrected chi connectivity index (χ4v) is 2.40. The standard InChI is InChI=1S/C12H14N2S/c1-3-5-11-13-14-12(15-11)10-7-4-6-9(2)8-10/h4,6-8H,3,5H2,1-2H3. The van der Waals surface area contributed by atoms with Crippen molar-refractivity contribution in [2.45, 2.75) is 26.7 Å². The molecular formula is C12H14N2S. The zero-order valence-electron chi connectivity index (χ0n) is 9.03. The van der Waals surface area contributed by atoms with Crippen LogP contribution in [0.4, 0.5) is 0 Å². The van der Waals surface area contributed by atoms with E-state index in [1.54, 1.807) is 11.3 Å². The molecule has 15 heavy (non-hydrogen) atoms. The molecule has 0 unspecified atom stereocenters. The summed E-state index contributed by atoms with van der Waals surface area (Å²) < 4.78 is 0. The van der Waals surface area contributed by atoms with E-state index in [1.165, 1.54) is 11.1 Å². The minimum Gasteiger partial charge on any atom is -0.143 e. The molecule has 2 aromatic rings. The quantitative estimate of drug-likeness (QED) is 0.788. The van der Waals surface area contributed by atoms with E-state index in [1.807, 2.05) is 0 Å². The first kappa shape index (κ1) is 10.3. The third kappa shape index (κ3) is 2.42. The molecule has 3 heteroatoms. The number of nitrogens with zero attached hydrogens (tertiary/aromatic N) is 2. The van der Waals surface area contributed by atoms with Gasteiger partial charge in [0, 0.05) is 12.0 Å². The van der Waals surface area contributed by atoms with Gasteiger partial charge in [0.25, 0.3) is 0 Å². The van der Waals surface area contributed by atoms with Gasteiger partial charge in [-0.3, -0.25) is 0 Å². The molecule has 0 aliphatic rings. The Morgan fingerprint density at radius 1 is 1.27 bits per heavy atom. The van der Waals surface area contributed by atoms with Gasteiger partial charge in [-0.15, -0.1) is 10.2 Å². The van der Waals surface area contributed by atoms with Gasteiger partial charge in [-0.25, -0.2) is 0 Å². The van der Waals surface area contributed by atoms with Crippen molar-refractivity contribution < 1.29 is 0 Å². The van der Waals surface area contributed by atoms with Gasteiger partial charge in [-0.2, -0.15) is 0 Å². The molecule has 1 aromatic carbocycles. The molecule has 0 fully saturated rings. The maximum atomic E-state index is 4.21. The molecule has 2 nitrogen and oxygen atoms in total. The van der Waals surface area contributed by atoms with E-state index >= 15 is 0 Å². The van der Waals surface area contributed by atoms with E-state index in [-0.39, 0.29) is 0 Å². The van der Waals surface area contributed by atoms with Gasteiger partial charge in [0.2, 0.25) is 0 Å². The molecule has 0 N–H and O–H groups in total. The molecule has 78 valence electrons. The van der Waals surface area contributed by atoms with Crippen molar-refractivity contribution in [2.24, 2.45) is 0 Å². The zero-order valence-corrected chi connectivity index (χ0v) is 9.84. The van der Waals surface area contributed by atoms with Crippen LogP contribution >= 0.6 is 11.3 Å². The Balaban J connectivity index is 2.29. The van der Waals surface area contributed by atoms with E-state index in [0.29, 0.717) is 0 Å². The fraction of sp³-hybridized carbons (Fsp3) is 0.333. The van der Waals surface area contributed by atoms with Crippen LogP contribution in [0.3, 0.4) is 0 Å². The smallest absolute Gasteiger partial charge is 0.143 e. The number of rotatable bonds is 3. The second-order valence-electron chi connectivity index (χ2n) is 3.62. The van der Waals surface area contributed by atoms with Crippen LogP contribution in [0.25, 0.3) is 10.6 Å². The monoisotopic (exact) mass is 218 g/mol. The van der Waals surface area contributed by atoms with Crippen LogP contribution in [0.1, 0.15) is 23.9 Å². The highest BCUT2D eigenvalue weighted by molar-refractivity contribution is 7.14. The van der Waals surface area contributed by atoms with E-state index in [9.17, 15) is 0 Å². The SMILES string of the molecule is CCCc1nnc(-c2cccc(C)c2)s1. The van der Waals surface area contributed by atoms with E-state index < -0.39 is 0 Å². The molecule has 0 spiro atoms. The molecule has 0 radical (unpaired) electrons. The first-order valence-electron chi connectivity index (χ1n) is 5.19. The lowest BCUT2D eigenvalue weighted by molar-refractivity contribution is 0.879. The molecule has 1 heterocycles. The third-order valence-corrected chi connectivity index (χ3v) is 3.23. The van der Waals surface area contributed by atoms with E-state index in [2.05, 4.69) is 48.3 Å². The van der Waals surface area contributed by atoms with Gasteiger partial charge < -0.3 is 0 Å². The predicted molar refractivity (Wildman–Crippen MR) is 64.1 cm³/mol. The van der Waals surface area contributed by atoms with Crippen LogP contribution in [0.2, 0.25) is 0 Å². The first-order valence-corrected chi connectivity index (χ1v) is 6.00. The van der Waals surface area contributed by atoms with Crippen LogP contribution in [0.5, 0.6) is 0 Å². The van der Waals surface area contributed by atoms with E-state index in [4.69, 9.17) is 0 Å². The molecule has 0 aliphatic heterocycles. The maximum Gasteiger partial charge on any atom is 0.147 e. The number of benzene rings is 1. The summed E-state index contributed by atoms with van der Waals surface area (Å²) in [6.45, 7) is 4.26. The van der Waals surface area contributed by atoms with Crippen LogP contribution in [-0.2, 0) is 6.42 Å². The lowest BCUT2D eigenvalue weighted by atomic mass is 10.1. The summed E-state index contributed by atoms with van der Waals surface area (Å²) in [5.41, 5.74) is 2.44. The molecule has 2 rings (SSSR count). The van der Waals surface area contributed by atoms with Crippen molar-refractivity contribution >= 4 is 11.3 Å². The molecule has 1 aromatic heterocycles. The Labute approximate surface area is 94.0 Å². The maximum absolute atomic E-state index is 4.21. The first-order chi connectivity index (χ1) is 7.29. The van der Waals surface area contributed by atoms with E-state index in [0.717, 1.165) is 22.9 Å². The lowest BCUT2D eigenvalue weighted by Gasteiger charge is -1.95. The largest absolute Gasteiger partial charge is 0.147 e. The fourth-order valence-electron chi connectivity index (χ4n) is 1.46. The van der Waals surface area contributed by atoms with Gasteiger partial charge >= 0.3 is 0 Å². The summed E-state index contributed by atoms with van der Waals surface area (Å²) >= 11 is 1.70. The molecule has 0 amide bonds. The second kappa shape index (κ2) is 4.53. The Morgan fingerprint density at radius 3 is 2.87 bits per heavy atom. The third-order valence-electron chi connectivity index (χ3n) is 2.20. The van der Waals surface area contributed by atoms with Crippen molar-refractivity contribution in [3.05, 3.63) is 34.8 Å². The van der Waals surface area contributed by atoms with Crippen molar-refractivity contribution in [2.75, 3.05) is 0 Å². The van der Waals surface area contributed by atoms with Gasteiger partial charge in [0.05, 0.1) is 0 Å². The highest BCUT2D eigenvalue weighted by Crippen LogP contribution is 2.24. The van der Waals surface area contributed by atoms with Crippen LogP contribution in [0.15, 0.2) is 24.3 Å². The molecule has 0 saturated carbocycles. The Morgan fingerprint density at radius 2 is 2.13 bits per heavy atom. The lowest BCUT2D eigenvalue weighted by Crippen LogP contribution is -1.80. The predicted octanol–water partition coefficient (Wildman–Crippen LogP) is 3.47. The number of aromatic nitrogens is 2. The van der Waals surface area contributed by atoms with Crippen molar-refractivity contribution in [1.29, 1.82) is 0 Å². The van der Waals surface area contributed by atoms with Gasteiger partial charge in [-0.05, 0) is 19.4 Å². The molecule has 0 saturated heterocycles. The number of aryl methyl sites for hydroxylation is 2. The van der Waals surface area contributed by atoms with Crippen LogP contribution in [-0.4, -0.2) is 10.2 Å². The minimum absolute atomic E-state index is 1.03. The highest BCUT2D eigenvalue weighted by atomic mass is 32.1. The Kier molecular flexibility index (Phi) is 3.11. The summed E-state index contributed by atoms with van der Waals surface area (Å²) in [5.74, 6) is 0. The van der Waals surface area contributed by atoms with Gasteiger partial charge in [0.1, 0.15) is 10.0 Å². The average molecular weight is 218 g/mol. The summed E-state index contributed by atoms with van der Waals surface area (Å²) in [7, 11) is 0. The summed E-state index contributed by atoms with van der Waals surface area (Å²) in [6, 6.07) is 8.39. The second-order valence-corrected chi connectivity index (χ2v) is 4.68. The minimum atomic E-state index is 1.03. The molecular weight excluding hydrogens is 204 g/mol. The van der Waals surface area contributed by atoms with Gasteiger partial charge in [0.15, 0.2) is 0 Å². The topological polar surface area (TPSA) is 25.8 Å². The highest BCUT2D eigenvalue weighted by Gasteiger charge is 2.05. The molecule has 0 aliphatic carbocycles. The zero-order chi connectivity index (χ0) is 10.7. The molecule has 0 bridgehead atoms. The Bertz CT molecular complexity index is 448. The van der Waals surface area contributed by atoms with Crippen molar-refractivity contribution in [1.82, 2.24) is 10.2 Å². The summed E-state index contributed by atoms with van der Waals surface area (Å²) in [4.78, 5) is 0. The van der Waals surface area contributed by atoms with Crippen LogP contribution in [0, 0.1) is 6.92 Å². The summed E-state index contributed by atoms with van der Waals surface area (Å²) in [6.07, 6.45) is 2.16. The van der Waals surface area contributed by atoms with Crippen molar-refractivity contribution in [3.63, 3.8) is 0 Å². The number of hydrogen-bond donors (Lipinski definition) is 0. The van der Waals surface area contributed by atoms with Gasteiger partial charge in [-0.1, -0.05) is 42.0 Å². The molecule has 0 atom stereocenters. The van der Waals surface area contributed by atoms with Crippen molar-refractivity contribution in [3.8, 4) is 10.6 Å². The summed E-state index contributed by atoms with van der Waals surface area (Å²) in [5, 5.41) is 10.6.